The molecule has 0 amide bonds. The van der Waals surface area contributed by atoms with Gasteiger partial charge in [-0.1, -0.05) is 13.3 Å². The molecule has 3 N–H and O–H groups in total. The van der Waals surface area contributed by atoms with Crippen LogP contribution in [0.5, 0.6) is 0 Å². The second kappa shape index (κ2) is 7.64. The molecule has 0 aliphatic carbocycles. The molecule has 7 heteroatoms. The van der Waals surface area contributed by atoms with E-state index in [2.05, 4.69) is 37.5 Å². The van der Waals surface area contributed by atoms with E-state index >= 15 is 0 Å². The number of nitrogens with one attached hydrogen (secondary N) is 3. The Morgan fingerprint density at radius 3 is 2.90 bits per heavy atom. The van der Waals surface area contributed by atoms with Crippen LogP contribution in [-0.2, 0) is 4.74 Å². The summed E-state index contributed by atoms with van der Waals surface area (Å²) in [6.07, 6.45) is 4.86. The minimum absolute atomic E-state index is 0.561. The van der Waals surface area contributed by atoms with Gasteiger partial charge in [-0.25, -0.2) is 4.98 Å². The fraction of sp³-hybridized carbons (Fsp3) is 0.615. The summed E-state index contributed by atoms with van der Waals surface area (Å²) in [7, 11) is 1.79. The fourth-order valence-electron chi connectivity index (χ4n) is 1.80. The molecule has 0 aliphatic heterocycles. The number of nitrogens with zero attached hydrogens (tertiary/aromatic N) is 3. The Balaban J connectivity index is 1.84. The first-order valence-electron chi connectivity index (χ1n) is 7.05. The zero-order valence-electron chi connectivity index (χ0n) is 12.1. The quantitative estimate of drug-likeness (QED) is 0.608. The van der Waals surface area contributed by atoms with E-state index < -0.39 is 0 Å². The van der Waals surface area contributed by atoms with Gasteiger partial charge in [0.1, 0.15) is 5.52 Å². The molecule has 2 aromatic rings. The zero-order valence-corrected chi connectivity index (χ0v) is 12.1. The maximum absolute atomic E-state index is 5.52. The highest BCUT2D eigenvalue weighted by molar-refractivity contribution is 5.83. The SMILES string of the molecule is CCCCOCCCNc1nc(NC)nc2nc[nH]c12. The average Bonchev–Trinajstić information content (AvgIpc) is 2.94. The predicted octanol–water partition coefficient (Wildman–Crippen LogP) is 2.01. The molecule has 0 aromatic carbocycles. The molecule has 0 fully saturated rings. The number of hydrogen-bond acceptors (Lipinski definition) is 6. The Morgan fingerprint density at radius 1 is 1.25 bits per heavy atom. The Hall–Kier alpha value is -1.89. The number of aromatic amines is 1. The number of rotatable bonds is 9. The van der Waals surface area contributed by atoms with Gasteiger partial charge in [-0.2, -0.15) is 9.97 Å². The standard InChI is InChI=1S/C13H22N6O/c1-3-4-7-20-8-5-6-15-11-10-12(17-9-16-10)19-13(14-2)18-11/h9H,3-8H2,1-2H3,(H3,14,15,16,17,18,19). The minimum Gasteiger partial charge on any atom is -0.381 e. The number of anilines is 2. The number of hydrogen-bond donors (Lipinski definition) is 3. The van der Waals surface area contributed by atoms with Crippen LogP contribution < -0.4 is 10.6 Å². The molecular weight excluding hydrogens is 256 g/mol. The molecule has 20 heavy (non-hydrogen) atoms. The van der Waals surface area contributed by atoms with E-state index in [4.69, 9.17) is 4.74 Å². The lowest BCUT2D eigenvalue weighted by Crippen LogP contribution is -2.09. The van der Waals surface area contributed by atoms with Crippen molar-refractivity contribution in [3.05, 3.63) is 6.33 Å². The van der Waals surface area contributed by atoms with E-state index in [1.807, 2.05) is 0 Å². The van der Waals surface area contributed by atoms with Gasteiger partial charge in [-0.15, -0.1) is 0 Å². The molecule has 0 bridgehead atoms. The fourth-order valence-corrected chi connectivity index (χ4v) is 1.80. The lowest BCUT2D eigenvalue weighted by atomic mass is 10.3. The number of imidazole rings is 1. The van der Waals surface area contributed by atoms with Crippen molar-refractivity contribution in [2.24, 2.45) is 0 Å². The second-order valence-electron chi connectivity index (χ2n) is 4.49. The largest absolute Gasteiger partial charge is 0.381 e. The van der Waals surface area contributed by atoms with Crippen molar-refractivity contribution >= 4 is 22.9 Å². The van der Waals surface area contributed by atoms with Crippen molar-refractivity contribution in [2.75, 3.05) is 37.4 Å². The molecule has 2 rings (SSSR count). The number of fused-ring (bicyclic) bond motifs is 1. The number of unbranched alkanes of at least 4 members (excludes halogenated alkanes) is 1. The third-order valence-corrected chi connectivity index (χ3v) is 2.91. The molecule has 0 saturated heterocycles. The van der Waals surface area contributed by atoms with E-state index in [9.17, 15) is 0 Å². The van der Waals surface area contributed by atoms with Crippen LogP contribution in [0.4, 0.5) is 11.8 Å². The number of ether oxygens (including phenoxy) is 1. The molecule has 0 radical (unpaired) electrons. The Bertz CT molecular complexity index is 527. The molecule has 0 saturated carbocycles. The average molecular weight is 278 g/mol. The molecule has 0 aliphatic rings. The molecular formula is C13H22N6O. The molecule has 110 valence electrons. The third kappa shape index (κ3) is 3.80. The van der Waals surface area contributed by atoms with E-state index in [0.717, 1.165) is 43.9 Å². The zero-order chi connectivity index (χ0) is 14.2. The Kier molecular flexibility index (Phi) is 5.55. The van der Waals surface area contributed by atoms with Crippen LogP contribution in [0.15, 0.2) is 6.33 Å². The molecule has 0 atom stereocenters. The Morgan fingerprint density at radius 2 is 2.10 bits per heavy atom. The summed E-state index contributed by atoms with van der Waals surface area (Å²) in [6.45, 7) is 4.58. The van der Waals surface area contributed by atoms with Gasteiger partial charge in [-0.05, 0) is 12.8 Å². The van der Waals surface area contributed by atoms with Crippen molar-refractivity contribution in [3.8, 4) is 0 Å². The van der Waals surface area contributed by atoms with E-state index in [0.29, 0.717) is 11.6 Å². The van der Waals surface area contributed by atoms with Crippen molar-refractivity contribution in [2.45, 2.75) is 26.2 Å². The highest BCUT2D eigenvalue weighted by atomic mass is 16.5. The highest BCUT2D eigenvalue weighted by Crippen LogP contribution is 2.18. The summed E-state index contributed by atoms with van der Waals surface area (Å²) in [5.74, 6) is 1.33. The van der Waals surface area contributed by atoms with Gasteiger partial charge in [0.05, 0.1) is 6.33 Å². The summed E-state index contributed by atoms with van der Waals surface area (Å²) in [5.41, 5.74) is 1.49. The summed E-state index contributed by atoms with van der Waals surface area (Å²) in [4.78, 5) is 15.9. The molecule has 7 nitrogen and oxygen atoms in total. The lowest BCUT2D eigenvalue weighted by molar-refractivity contribution is 0.131. The van der Waals surface area contributed by atoms with Gasteiger partial charge < -0.3 is 20.4 Å². The lowest BCUT2D eigenvalue weighted by Gasteiger charge is -2.08. The normalized spacial score (nSPS) is 10.9. The predicted molar refractivity (Wildman–Crippen MR) is 80.1 cm³/mol. The topological polar surface area (TPSA) is 87.8 Å². The smallest absolute Gasteiger partial charge is 0.226 e. The first-order valence-corrected chi connectivity index (χ1v) is 7.05. The monoisotopic (exact) mass is 278 g/mol. The number of H-pyrrole nitrogens is 1. The van der Waals surface area contributed by atoms with Crippen LogP contribution in [0, 0.1) is 0 Å². The maximum atomic E-state index is 5.52. The van der Waals surface area contributed by atoms with Gasteiger partial charge in [0.25, 0.3) is 0 Å². The Labute approximate surface area is 118 Å². The first-order chi connectivity index (χ1) is 9.85. The molecule has 0 spiro atoms. The van der Waals surface area contributed by atoms with Gasteiger partial charge in [0.15, 0.2) is 11.5 Å². The van der Waals surface area contributed by atoms with Gasteiger partial charge in [-0.3, -0.25) is 0 Å². The summed E-state index contributed by atoms with van der Waals surface area (Å²) in [6, 6.07) is 0. The number of aromatic nitrogens is 4. The van der Waals surface area contributed by atoms with E-state index in [1.165, 1.54) is 6.42 Å². The van der Waals surface area contributed by atoms with Crippen LogP contribution in [0.25, 0.3) is 11.2 Å². The van der Waals surface area contributed by atoms with Crippen molar-refractivity contribution in [1.29, 1.82) is 0 Å². The van der Waals surface area contributed by atoms with Gasteiger partial charge in [0, 0.05) is 26.8 Å². The maximum Gasteiger partial charge on any atom is 0.226 e. The van der Waals surface area contributed by atoms with Gasteiger partial charge in [0.2, 0.25) is 5.95 Å². The minimum atomic E-state index is 0.561. The highest BCUT2D eigenvalue weighted by Gasteiger charge is 2.08. The van der Waals surface area contributed by atoms with Crippen molar-refractivity contribution < 1.29 is 4.74 Å². The summed E-state index contributed by atoms with van der Waals surface area (Å²) >= 11 is 0. The van der Waals surface area contributed by atoms with Crippen molar-refractivity contribution in [1.82, 2.24) is 19.9 Å². The molecule has 2 aromatic heterocycles. The third-order valence-electron chi connectivity index (χ3n) is 2.91. The van der Waals surface area contributed by atoms with Crippen LogP contribution in [0.3, 0.4) is 0 Å². The van der Waals surface area contributed by atoms with Gasteiger partial charge >= 0.3 is 0 Å². The molecule has 2 heterocycles. The van der Waals surface area contributed by atoms with Crippen LogP contribution in [0.2, 0.25) is 0 Å². The van der Waals surface area contributed by atoms with Crippen molar-refractivity contribution in [3.63, 3.8) is 0 Å². The molecule has 0 unspecified atom stereocenters. The van der Waals surface area contributed by atoms with Crippen LogP contribution in [-0.4, -0.2) is 46.7 Å². The van der Waals surface area contributed by atoms with E-state index in [1.54, 1.807) is 13.4 Å². The van der Waals surface area contributed by atoms with E-state index in [-0.39, 0.29) is 0 Å². The second-order valence-corrected chi connectivity index (χ2v) is 4.49. The van der Waals surface area contributed by atoms with Crippen LogP contribution in [0.1, 0.15) is 26.2 Å². The summed E-state index contributed by atoms with van der Waals surface area (Å²) in [5, 5.41) is 6.23. The first kappa shape index (κ1) is 14.5. The summed E-state index contributed by atoms with van der Waals surface area (Å²) < 4.78 is 5.52. The van der Waals surface area contributed by atoms with Crippen LogP contribution >= 0.6 is 0 Å².